The smallest absolute Gasteiger partial charge is 0.395 e. The van der Waals surface area contributed by atoms with E-state index in [-0.39, 0.29) is 17.5 Å². The van der Waals surface area contributed by atoms with Gasteiger partial charge in [-0.3, -0.25) is 4.79 Å². The first-order valence-electron chi connectivity index (χ1n) is 9.27. The lowest BCUT2D eigenvalue weighted by atomic mass is 10.1. The molecule has 0 bridgehead atoms. The summed E-state index contributed by atoms with van der Waals surface area (Å²) in [5, 5.41) is 15.4. The van der Waals surface area contributed by atoms with Crippen LogP contribution in [0.3, 0.4) is 0 Å². The number of aromatic nitrogens is 2. The molecule has 0 atom stereocenters. The van der Waals surface area contributed by atoms with Gasteiger partial charge in [0.1, 0.15) is 5.75 Å². The van der Waals surface area contributed by atoms with E-state index in [4.69, 9.17) is 4.74 Å². The number of nitrogens with zero attached hydrogens (tertiary/aromatic N) is 4. The quantitative estimate of drug-likeness (QED) is 0.196. The number of unbranched alkanes of at least 4 members (excludes halogenated alkanes) is 2. The minimum Gasteiger partial charge on any atom is -0.494 e. The number of ether oxygens (including phenoxy) is 1. The van der Waals surface area contributed by atoms with Crippen molar-refractivity contribution in [2.75, 3.05) is 12.4 Å². The average Bonchev–Trinajstić information content (AvgIpc) is 3.09. The molecule has 2 rings (SSSR count). The first kappa shape index (κ1) is 22.4. The Kier molecular flexibility index (Phi) is 8.66. The fourth-order valence-electron chi connectivity index (χ4n) is 2.41. The zero-order chi connectivity index (χ0) is 21.2. The van der Waals surface area contributed by atoms with Crippen molar-refractivity contribution in [3.8, 4) is 5.75 Å². The number of benzene rings is 1. The first-order chi connectivity index (χ1) is 13.9. The summed E-state index contributed by atoms with van der Waals surface area (Å²) in [5.41, 5.74) is 3.98. The number of amides is 1. The Hall–Kier alpha value is -2.88. The maximum atomic E-state index is 12.0. The third-order valence-electron chi connectivity index (χ3n) is 4.01. The highest BCUT2D eigenvalue weighted by Crippen LogP contribution is 2.26. The molecular formula is C19H25N5O4S. The Balaban J connectivity index is 1.85. The SMILES string of the molecule is CCCCCOc1ccc(/C(C)=N/NC(=O)CSc2c([N+](=O)[O-])ncn2C)cc1. The maximum absolute atomic E-state index is 12.0. The van der Waals surface area contributed by atoms with Gasteiger partial charge in [0.2, 0.25) is 12.2 Å². The van der Waals surface area contributed by atoms with E-state index in [0.717, 1.165) is 42.3 Å². The van der Waals surface area contributed by atoms with Gasteiger partial charge < -0.3 is 19.4 Å². The van der Waals surface area contributed by atoms with E-state index in [1.165, 1.54) is 10.9 Å². The number of hydrazone groups is 1. The molecule has 0 fully saturated rings. The number of thioether (sulfide) groups is 1. The largest absolute Gasteiger partial charge is 0.494 e. The van der Waals surface area contributed by atoms with Crippen LogP contribution in [0.1, 0.15) is 38.7 Å². The van der Waals surface area contributed by atoms with Crippen LogP contribution in [0.25, 0.3) is 0 Å². The third kappa shape index (κ3) is 6.90. The fourth-order valence-corrected chi connectivity index (χ4v) is 3.25. The number of hydrogen-bond donors (Lipinski definition) is 1. The molecule has 29 heavy (non-hydrogen) atoms. The lowest BCUT2D eigenvalue weighted by Crippen LogP contribution is -2.21. The van der Waals surface area contributed by atoms with Crippen LogP contribution < -0.4 is 10.2 Å². The molecule has 1 heterocycles. The Morgan fingerprint density at radius 1 is 1.34 bits per heavy atom. The molecule has 9 nitrogen and oxygen atoms in total. The van der Waals surface area contributed by atoms with Gasteiger partial charge in [-0.05, 0) is 53.1 Å². The zero-order valence-electron chi connectivity index (χ0n) is 16.8. The van der Waals surface area contributed by atoms with Crippen LogP contribution in [-0.4, -0.2) is 38.5 Å². The number of carbonyl (C=O) groups is 1. The molecule has 0 saturated carbocycles. The topological polar surface area (TPSA) is 112 Å². The normalized spacial score (nSPS) is 11.3. The molecular weight excluding hydrogens is 394 g/mol. The number of carbonyl (C=O) groups excluding carboxylic acids is 1. The molecule has 10 heteroatoms. The Bertz CT molecular complexity index is 864. The zero-order valence-corrected chi connectivity index (χ0v) is 17.6. The molecule has 156 valence electrons. The summed E-state index contributed by atoms with van der Waals surface area (Å²) in [6.07, 6.45) is 4.68. The van der Waals surface area contributed by atoms with Crippen LogP contribution >= 0.6 is 11.8 Å². The monoisotopic (exact) mass is 419 g/mol. The van der Waals surface area contributed by atoms with E-state index < -0.39 is 4.92 Å². The molecule has 1 aromatic carbocycles. The molecule has 0 aliphatic heterocycles. The van der Waals surface area contributed by atoms with Crippen molar-refractivity contribution in [2.24, 2.45) is 12.1 Å². The summed E-state index contributed by atoms with van der Waals surface area (Å²) in [6.45, 7) is 4.64. The minimum atomic E-state index is -0.570. The number of imidazole rings is 1. The average molecular weight is 420 g/mol. The summed E-state index contributed by atoms with van der Waals surface area (Å²) in [4.78, 5) is 26.1. The van der Waals surface area contributed by atoms with Crippen LogP contribution in [0.4, 0.5) is 5.82 Å². The van der Waals surface area contributed by atoms with Crippen molar-refractivity contribution in [3.05, 3.63) is 46.3 Å². The van der Waals surface area contributed by atoms with Gasteiger partial charge >= 0.3 is 5.82 Å². The van der Waals surface area contributed by atoms with Crippen LogP contribution in [0, 0.1) is 10.1 Å². The molecule has 0 spiro atoms. The Labute approximate surface area is 173 Å². The summed E-state index contributed by atoms with van der Waals surface area (Å²) in [5.74, 6) is 0.167. The summed E-state index contributed by atoms with van der Waals surface area (Å²) in [6, 6.07) is 7.51. The molecule has 1 N–H and O–H groups in total. The lowest BCUT2D eigenvalue weighted by molar-refractivity contribution is -0.392. The van der Waals surface area contributed by atoms with E-state index in [1.807, 2.05) is 24.3 Å². The van der Waals surface area contributed by atoms with Gasteiger partial charge in [-0.2, -0.15) is 5.10 Å². The number of aryl methyl sites for hydroxylation is 1. The minimum absolute atomic E-state index is 0.0122. The highest BCUT2D eigenvalue weighted by atomic mass is 32.2. The van der Waals surface area contributed by atoms with Crippen molar-refractivity contribution in [1.82, 2.24) is 15.0 Å². The van der Waals surface area contributed by atoms with E-state index in [0.29, 0.717) is 17.3 Å². The van der Waals surface area contributed by atoms with Gasteiger partial charge in [0.15, 0.2) is 5.03 Å². The predicted octanol–water partition coefficient (Wildman–Crippen LogP) is 3.53. The first-order valence-corrected chi connectivity index (χ1v) is 10.3. The van der Waals surface area contributed by atoms with Crippen molar-refractivity contribution in [1.29, 1.82) is 0 Å². The molecule has 0 unspecified atom stereocenters. The Morgan fingerprint density at radius 3 is 2.72 bits per heavy atom. The second kappa shape index (κ2) is 11.2. The number of rotatable bonds is 11. The van der Waals surface area contributed by atoms with Gasteiger partial charge in [0.05, 0.1) is 18.1 Å². The maximum Gasteiger partial charge on any atom is 0.395 e. The molecule has 1 aromatic heterocycles. The van der Waals surface area contributed by atoms with Gasteiger partial charge in [-0.15, -0.1) is 0 Å². The van der Waals surface area contributed by atoms with E-state index in [2.05, 4.69) is 22.4 Å². The standard InChI is InChI=1S/C19H25N5O4S/c1-4-5-6-11-28-16-9-7-15(8-10-16)14(2)21-22-17(25)12-29-19-18(24(26)27)20-13-23(19)3/h7-10,13H,4-6,11-12H2,1-3H3,(H,22,25)/b21-14+. The summed E-state index contributed by atoms with van der Waals surface area (Å²) >= 11 is 1.04. The van der Waals surface area contributed by atoms with Crippen LogP contribution in [0.5, 0.6) is 5.75 Å². The van der Waals surface area contributed by atoms with Crippen LogP contribution in [0.2, 0.25) is 0 Å². The van der Waals surface area contributed by atoms with Crippen molar-refractivity contribution < 1.29 is 14.5 Å². The summed E-state index contributed by atoms with van der Waals surface area (Å²) in [7, 11) is 1.64. The summed E-state index contributed by atoms with van der Waals surface area (Å²) < 4.78 is 7.19. The van der Waals surface area contributed by atoms with E-state index >= 15 is 0 Å². The molecule has 0 aliphatic rings. The van der Waals surface area contributed by atoms with Gasteiger partial charge in [0, 0.05) is 7.05 Å². The predicted molar refractivity (Wildman–Crippen MR) is 112 cm³/mol. The second-order valence-corrected chi connectivity index (χ2v) is 7.31. The lowest BCUT2D eigenvalue weighted by Gasteiger charge is -2.07. The third-order valence-corrected chi connectivity index (χ3v) is 5.17. The highest BCUT2D eigenvalue weighted by Gasteiger charge is 2.21. The van der Waals surface area contributed by atoms with Crippen molar-refractivity contribution in [3.63, 3.8) is 0 Å². The number of hydrogen-bond acceptors (Lipinski definition) is 7. The molecule has 0 aliphatic carbocycles. The molecule has 0 radical (unpaired) electrons. The molecule has 1 amide bonds. The van der Waals surface area contributed by atoms with Gasteiger partial charge in [-0.25, -0.2) is 5.43 Å². The van der Waals surface area contributed by atoms with E-state index in [9.17, 15) is 14.9 Å². The van der Waals surface area contributed by atoms with Crippen molar-refractivity contribution in [2.45, 2.75) is 38.1 Å². The Morgan fingerprint density at radius 2 is 2.07 bits per heavy atom. The second-order valence-electron chi connectivity index (χ2n) is 6.34. The van der Waals surface area contributed by atoms with Crippen molar-refractivity contribution >= 4 is 29.2 Å². The van der Waals surface area contributed by atoms with Gasteiger partial charge in [0.25, 0.3) is 0 Å². The highest BCUT2D eigenvalue weighted by molar-refractivity contribution is 8.00. The number of nitrogens with one attached hydrogen (secondary N) is 1. The van der Waals surface area contributed by atoms with Crippen LogP contribution in [-0.2, 0) is 11.8 Å². The van der Waals surface area contributed by atoms with Gasteiger partial charge in [-0.1, -0.05) is 31.5 Å². The van der Waals surface area contributed by atoms with Crippen LogP contribution in [0.15, 0.2) is 40.7 Å². The number of nitro groups is 1. The van der Waals surface area contributed by atoms with E-state index in [1.54, 1.807) is 14.0 Å². The molecule has 2 aromatic rings. The fraction of sp³-hybridized carbons (Fsp3) is 0.421. The molecule has 0 saturated heterocycles.